The second kappa shape index (κ2) is 8.33. The van der Waals surface area contributed by atoms with Gasteiger partial charge in [0.25, 0.3) is 0 Å². The fraction of sp³-hybridized carbons (Fsp3) is 0.421. The molecular weight excluding hydrogens is 368 g/mol. The molecule has 0 aliphatic carbocycles. The molecule has 140 valence electrons. The Hall–Kier alpha value is -1.70. The van der Waals surface area contributed by atoms with Crippen LogP contribution in [0.25, 0.3) is 0 Å². The third-order valence-electron chi connectivity index (χ3n) is 4.58. The van der Waals surface area contributed by atoms with Gasteiger partial charge in [0.2, 0.25) is 5.91 Å². The van der Waals surface area contributed by atoms with Crippen LogP contribution >= 0.6 is 11.3 Å². The second-order valence-electron chi connectivity index (χ2n) is 6.82. The Morgan fingerprint density at radius 3 is 2.54 bits per heavy atom. The molecule has 0 spiro atoms. The van der Waals surface area contributed by atoms with Crippen LogP contribution in [0.3, 0.4) is 0 Å². The minimum absolute atomic E-state index is 0.0149. The van der Waals surface area contributed by atoms with E-state index in [9.17, 15) is 13.2 Å². The SMILES string of the molecule is CN(CC(=O)N(Cc1cccs1)C1CCS(=O)(=O)C1)Cc1ccccc1. The molecule has 1 aliphatic heterocycles. The molecule has 7 heteroatoms. The lowest BCUT2D eigenvalue weighted by Crippen LogP contribution is -2.44. The van der Waals surface area contributed by atoms with Crippen molar-refractivity contribution in [1.82, 2.24) is 9.80 Å². The molecule has 1 amide bonds. The molecule has 3 rings (SSSR count). The number of rotatable bonds is 7. The summed E-state index contributed by atoms with van der Waals surface area (Å²) in [4.78, 5) is 17.8. The van der Waals surface area contributed by atoms with Gasteiger partial charge in [-0.25, -0.2) is 8.42 Å². The Morgan fingerprint density at radius 2 is 1.92 bits per heavy atom. The lowest BCUT2D eigenvalue weighted by Gasteiger charge is -2.30. The number of hydrogen-bond acceptors (Lipinski definition) is 5. The average molecular weight is 393 g/mol. The molecule has 5 nitrogen and oxygen atoms in total. The van der Waals surface area contributed by atoms with Gasteiger partial charge in [-0.15, -0.1) is 11.3 Å². The van der Waals surface area contributed by atoms with Crippen LogP contribution in [0, 0.1) is 0 Å². The predicted molar refractivity (Wildman–Crippen MR) is 105 cm³/mol. The van der Waals surface area contributed by atoms with Gasteiger partial charge in [0.05, 0.1) is 24.6 Å². The molecule has 0 radical (unpaired) electrons. The van der Waals surface area contributed by atoms with E-state index in [0.29, 0.717) is 19.5 Å². The van der Waals surface area contributed by atoms with Crippen molar-refractivity contribution < 1.29 is 13.2 Å². The number of likely N-dealkylation sites (N-methyl/N-ethyl adjacent to an activating group) is 1. The first-order chi connectivity index (χ1) is 12.4. The molecule has 1 unspecified atom stereocenters. The molecule has 1 atom stereocenters. The molecule has 2 aromatic rings. The fourth-order valence-electron chi connectivity index (χ4n) is 3.29. The van der Waals surface area contributed by atoms with Crippen molar-refractivity contribution >= 4 is 27.1 Å². The summed E-state index contributed by atoms with van der Waals surface area (Å²) >= 11 is 1.59. The van der Waals surface area contributed by atoms with Crippen molar-refractivity contribution in [3.63, 3.8) is 0 Å². The lowest BCUT2D eigenvalue weighted by molar-refractivity contribution is -0.134. The van der Waals surface area contributed by atoms with Crippen LogP contribution in [0.2, 0.25) is 0 Å². The maximum Gasteiger partial charge on any atom is 0.237 e. The van der Waals surface area contributed by atoms with E-state index in [2.05, 4.69) is 0 Å². The van der Waals surface area contributed by atoms with E-state index < -0.39 is 9.84 Å². The molecule has 1 aromatic carbocycles. The van der Waals surface area contributed by atoms with Crippen LogP contribution in [0.15, 0.2) is 47.8 Å². The lowest BCUT2D eigenvalue weighted by atomic mass is 10.2. The highest BCUT2D eigenvalue weighted by atomic mass is 32.2. The van der Waals surface area contributed by atoms with Crippen LogP contribution < -0.4 is 0 Å². The zero-order valence-electron chi connectivity index (χ0n) is 14.9. The van der Waals surface area contributed by atoms with Crippen molar-refractivity contribution in [2.24, 2.45) is 0 Å². The second-order valence-corrected chi connectivity index (χ2v) is 10.1. The molecule has 2 heterocycles. The number of nitrogens with zero attached hydrogens (tertiary/aromatic N) is 2. The topological polar surface area (TPSA) is 57.7 Å². The van der Waals surface area contributed by atoms with Crippen molar-refractivity contribution in [3.05, 3.63) is 58.3 Å². The standard InChI is InChI=1S/C19H24N2O3S2/c1-20(12-16-6-3-2-4-7-16)14-19(22)21(13-18-8-5-10-25-18)17-9-11-26(23,24)15-17/h2-8,10,17H,9,11-15H2,1H3. The number of carbonyl (C=O) groups excluding carboxylic acids is 1. The highest BCUT2D eigenvalue weighted by molar-refractivity contribution is 7.91. The summed E-state index contributed by atoms with van der Waals surface area (Å²) < 4.78 is 23.8. The Bertz CT molecular complexity index is 820. The number of sulfone groups is 1. The Balaban J connectivity index is 1.68. The van der Waals surface area contributed by atoms with E-state index >= 15 is 0 Å². The molecule has 0 saturated carbocycles. The van der Waals surface area contributed by atoms with E-state index in [4.69, 9.17) is 0 Å². The maximum atomic E-state index is 13.0. The molecular formula is C19H24N2O3S2. The van der Waals surface area contributed by atoms with Gasteiger partial charge in [-0.3, -0.25) is 9.69 Å². The van der Waals surface area contributed by atoms with E-state index in [1.165, 1.54) is 0 Å². The zero-order valence-corrected chi connectivity index (χ0v) is 16.5. The summed E-state index contributed by atoms with van der Waals surface area (Å²) in [6.45, 7) is 1.44. The maximum absolute atomic E-state index is 13.0. The third kappa shape index (κ3) is 5.16. The predicted octanol–water partition coefficient (Wildman–Crippen LogP) is 2.40. The van der Waals surface area contributed by atoms with Crippen LogP contribution in [-0.4, -0.2) is 55.3 Å². The summed E-state index contributed by atoms with van der Waals surface area (Å²) in [6, 6.07) is 13.7. The largest absolute Gasteiger partial charge is 0.332 e. The van der Waals surface area contributed by atoms with E-state index in [0.717, 1.165) is 10.4 Å². The first-order valence-electron chi connectivity index (χ1n) is 8.68. The summed E-state index contributed by atoms with van der Waals surface area (Å²) in [5, 5.41) is 1.98. The highest BCUT2D eigenvalue weighted by Gasteiger charge is 2.35. The highest BCUT2D eigenvalue weighted by Crippen LogP contribution is 2.22. The molecule has 1 fully saturated rings. The van der Waals surface area contributed by atoms with Gasteiger partial charge in [0.1, 0.15) is 0 Å². The van der Waals surface area contributed by atoms with Gasteiger partial charge in [-0.1, -0.05) is 36.4 Å². The molecule has 26 heavy (non-hydrogen) atoms. The quantitative estimate of drug-likeness (QED) is 0.726. The number of thiophene rings is 1. The minimum Gasteiger partial charge on any atom is -0.332 e. The molecule has 1 saturated heterocycles. The van der Waals surface area contributed by atoms with Crippen LogP contribution in [0.4, 0.5) is 0 Å². The van der Waals surface area contributed by atoms with Crippen molar-refractivity contribution in [1.29, 1.82) is 0 Å². The number of carbonyl (C=O) groups is 1. The summed E-state index contributed by atoms with van der Waals surface area (Å²) in [7, 11) is -1.12. The number of benzene rings is 1. The minimum atomic E-state index is -3.03. The van der Waals surface area contributed by atoms with Crippen molar-refractivity contribution in [3.8, 4) is 0 Å². The first kappa shape index (κ1) is 19.1. The Labute approximate surface area is 159 Å². The van der Waals surface area contributed by atoms with Gasteiger partial charge in [-0.2, -0.15) is 0 Å². The first-order valence-corrected chi connectivity index (χ1v) is 11.4. The van der Waals surface area contributed by atoms with Gasteiger partial charge < -0.3 is 4.90 Å². The van der Waals surface area contributed by atoms with Crippen molar-refractivity contribution in [2.45, 2.75) is 25.6 Å². The van der Waals surface area contributed by atoms with E-state index in [1.54, 1.807) is 16.2 Å². The zero-order chi connectivity index (χ0) is 18.6. The van der Waals surface area contributed by atoms with Gasteiger partial charge in [0, 0.05) is 17.5 Å². The normalized spacial score (nSPS) is 18.9. The van der Waals surface area contributed by atoms with Gasteiger partial charge >= 0.3 is 0 Å². The number of hydrogen-bond donors (Lipinski definition) is 0. The molecule has 1 aliphatic rings. The summed E-state index contributed by atoms with van der Waals surface area (Å²) in [5.74, 6) is 0.233. The number of amides is 1. The van der Waals surface area contributed by atoms with E-state index in [-0.39, 0.29) is 30.0 Å². The Morgan fingerprint density at radius 1 is 1.15 bits per heavy atom. The van der Waals surface area contributed by atoms with Gasteiger partial charge in [0.15, 0.2) is 9.84 Å². The molecule has 0 bridgehead atoms. The Kier molecular flexibility index (Phi) is 6.11. The fourth-order valence-corrected chi connectivity index (χ4v) is 5.72. The van der Waals surface area contributed by atoms with Crippen LogP contribution in [0.1, 0.15) is 16.9 Å². The van der Waals surface area contributed by atoms with Crippen molar-refractivity contribution in [2.75, 3.05) is 25.1 Å². The average Bonchev–Trinajstić information content (AvgIpc) is 3.22. The summed E-state index contributed by atoms with van der Waals surface area (Å²) in [5.41, 5.74) is 1.15. The summed E-state index contributed by atoms with van der Waals surface area (Å²) in [6.07, 6.45) is 0.530. The van der Waals surface area contributed by atoms with E-state index in [1.807, 2.05) is 59.8 Å². The smallest absolute Gasteiger partial charge is 0.237 e. The third-order valence-corrected chi connectivity index (χ3v) is 7.19. The molecule has 0 N–H and O–H groups in total. The molecule has 1 aromatic heterocycles. The van der Waals surface area contributed by atoms with Crippen LogP contribution in [-0.2, 0) is 27.7 Å². The monoisotopic (exact) mass is 392 g/mol. The van der Waals surface area contributed by atoms with Crippen LogP contribution in [0.5, 0.6) is 0 Å². The van der Waals surface area contributed by atoms with Gasteiger partial charge in [-0.05, 0) is 30.5 Å².